The van der Waals surface area contributed by atoms with Gasteiger partial charge in [0.05, 0.1) is 6.07 Å². The van der Waals surface area contributed by atoms with Crippen molar-refractivity contribution in [3.05, 3.63) is 29.8 Å². The molecule has 1 aromatic rings. The van der Waals surface area contributed by atoms with Crippen LogP contribution in [0.15, 0.2) is 18.2 Å². The van der Waals surface area contributed by atoms with Crippen LogP contribution in [0.3, 0.4) is 0 Å². The average Bonchev–Trinajstić information content (AvgIpc) is 2.45. The normalized spacial score (nSPS) is 17.5. The number of amides is 1. The Morgan fingerprint density at radius 3 is 2.79 bits per heavy atom. The van der Waals surface area contributed by atoms with Crippen molar-refractivity contribution in [2.75, 3.05) is 0 Å². The molecule has 0 saturated heterocycles. The van der Waals surface area contributed by atoms with Crippen LogP contribution in [0, 0.1) is 23.2 Å². The van der Waals surface area contributed by atoms with Crippen LogP contribution < -0.4 is 5.32 Å². The topological polar surface area (TPSA) is 65.8 Å². The van der Waals surface area contributed by atoms with Crippen LogP contribution in [0.5, 0.6) is 0 Å². The highest BCUT2D eigenvalue weighted by atomic mass is 19.1. The summed E-state index contributed by atoms with van der Waals surface area (Å²) in [5, 5.41) is 11.8. The van der Waals surface area contributed by atoms with Gasteiger partial charge in [-0.25, -0.2) is 4.98 Å². The number of hydrogen-bond acceptors (Lipinski definition) is 3. The smallest absolute Gasteiger partial charge is 0.271 e. The number of nitrogens with zero attached hydrogens (tertiary/aromatic N) is 2. The molecule has 1 aromatic heterocycles. The zero-order chi connectivity index (χ0) is 13.7. The molecule has 1 fully saturated rings. The van der Waals surface area contributed by atoms with Crippen LogP contribution in [-0.4, -0.2) is 16.9 Å². The standard InChI is InChI=1S/C14H16FN3O/c15-13-8-4-7-11(17-13)14(19)18-12(9-16)10-5-2-1-3-6-10/h4,7-8,10,12H,1-3,5-6H2,(H,18,19). The Morgan fingerprint density at radius 2 is 2.16 bits per heavy atom. The fourth-order valence-corrected chi connectivity index (χ4v) is 2.47. The number of rotatable bonds is 3. The van der Waals surface area contributed by atoms with Gasteiger partial charge in [-0.2, -0.15) is 9.65 Å². The molecule has 5 heteroatoms. The van der Waals surface area contributed by atoms with Crippen LogP contribution in [0.2, 0.25) is 0 Å². The maximum atomic E-state index is 12.9. The van der Waals surface area contributed by atoms with E-state index in [1.165, 1.54) is 24.6 Å². The van der Waals surface area contributed by atoms with Crippen LogP contribution in [0.25, 0.3) is 0 Å². The minimum atomic E-state index is -0.696. The first-order valence-corrected chi connectivity index (χ1v) is 6.54. The highest BCUT2D eigenvalue weighted by molar-refractivity contribution is 5.92. The van der Waals surface area contributed by atoms with E-state index in [-0.39, 0.29) is 11.6 Å². The van der Waals surface area contributed by atoms with Gasteiger partial charge < -0.3 is 5.32 Å². The van der Waals surface area contributed by atoms with E-state index < -0.39 is 17.9 Å². The van der Waals surface area contributed by atoms with Gasteiger partial charge in [0.25, 0.3) is 5.91 Å². The summed E-state index contributed by atoms with van der Waals surface area (Å²) >= 11 is 0. The van der Waals surface area contributed by atoms with E-state index >= 15 is 0 Å². The molecule has 0 aliphatic heterocycles. The second-order valence-corrected chi connectivity index (χ2v) is 4.82. The number of pyridine rings is 1. The Bertz CT molecular complexity index is 492. The number of nitrogens with one attached hydrogen (secondary N) is 1. The zero-order valence-electron chi connectivity index (χ0n) is 10.6. The van der Waals surface area contributed by atoms with Crippen molar-refractivity contribution in [3.63, 3.8) is 0 Å². The fourth-order valence-electron chi connectivity index (χ4n) is 2.47. The first-order chi connectivity index (χ1) is 9.20. The molecule has 1 atom stereocenters. The summed E-state index contributed by atoms with van der Waals surface area (Å²) in [5.41, 5.74) is 0.0102. The van der Waals surface area contributed by atoms with Gasteiger partial charge in [0.15, 0.2) is 0 Å². The quantitative estimate of drug-likeness (QED) is 0.850. The zero-order valence-corrected chi connectivity index (χ0v) is 10.6. The highest BCUT2D eigenvalue weighted by Crippen LogP contribution is 2.26. The number of hydrogen-bond donors (Lipinski definition) is 1. The summed E-state index contributed by atoms with van der Waals surface area (Å²) in [6.07, 6.45) is 5.28. The molecule has 19 heavy (non-hydrogen) atoms. The van der Waals surface area contributed by atoms with Crippen LogP contribution in [-0.2, 0) is 0 Å². The molecule has 0 bridgehead atoms. The predicted molar refractivity (Wildman–Crippen MR) is 67.6 cm³/mol. The maximum Gasteiger partial charge on any atom is 0.271 e. The van der Waals surface area contributed by atoms with Gasteiger partial charge >= 0.3 is 0 Å². The number of carbonyl (C=O) groups is 1. The molecule has 0 spiro atoms. The maximum absolute atomic E-state index is 12.9. The molecule has 2 rings (SSSR count). The van der Waals surface area contributed by atoms with Gasteiger partial charge in [0, 0.05) is 0 Å². The number of nitriles is 1. The predicted octanol–water partition coefficient (Wildman–Crippen LogP) is 2.42. The molecule has 1 unspecified atom stereocenters. The van der Waals surface area contributed by atoms with E-state index in [4.69, 9.17) is 5.26 Å². The SMILES string of the molecule is N#CC(NC(=O)c1cccc(F)n1)C1CCCCC1. The fraction of sp³-hybridized carbons (Fsp3) is 0.500. The van der Waals surface area contributed by atoms with E-state index in [9.17, 15) is 9.18 Å². The van der Waals surface area contributed by atoms with Gasteiger partial charge in [-0.15, -0.1) is 0 Å². The first-order valence-electron chi connectivity index (χ1n) is 6.54. The molecule has 0 radical (unpaired) electrons. The molecular formula is C14H16FN3O. The lowest BCUT2D eigenvalue weighted by molar-refractivity contribution is 0.0922. The minimum absolute atomic E-state index is 0.0102. The summed E-state index contributed by atoms with van der Waals surface area (Å²) < 4.78 is 12.9. The Kier molecular flexibility index (Phi) is 4.45. The number of halogens is 1. The van der Waals surface area contributed by atoms with Crippen LogP contribution >= 0.6 is 0 Å². The lowest BCUT2D eigenvalue weighted by atomic mass is 9.84. The van der Waals surface area contributed by atoms with Crippen LogP contribution in [0.4, 0.5) is 4.39 Å². The van der Waals surface area contributed by atoms with E-state index in [0.717, 1.165) is 25.7 Å². The van der Waals surface area contributed by atoms with E-state index in [2.05, 4.69) is 16.4 Å². The summed E-state index contributed by atoms with van der Waals surface area (Å²) in [4.78, 5) is 15.4. The summed E-state index contributed by atoms with van der Waals surface area (Å²) in [5.74, 6) is -0.994. The van der Waals surface area contributed by atoms with E-state index in [1.807, 2.05) is 0 Å². The molecular weight excluding hydrogens is 245 g/mol. The summed E-state index contributed by atoms with van der Waals surface area (Å²) in [7, 11) is 0. The van der Waals surface area contributed by atoms with Gasteiger partial charge in [-0.1, -0.05) is 25.3 Å². The highest BCUT2D eigenvalue weighted by Gasteiger charge is 2.25. The Hall–Kier alpha value is -1.96. The Balaban J connectivity index is 2.02. The molecule has 1 saturated carbocycles. The average molecular weight is 261 g/mol. The Morgan fingerprint density at radius 1 is 1.42 bits per heavy atom. The second kappa shape index (κ2) is 6.28. The van der Waals surface area contributed by atoms with Gasteiger partial charge in [-0.3, -0.25) is 4.79 Å². The lowest BCUT2D eigenvalue weighted by Crippen LogP contribution is -2.40. The van der Waals surface area contributed by atoms with Crippen molar-refractivity contribution in [2.45, 2.75) is 38.1 Å². The molecule has 0 aromatic carbocycles. The molecule has 1 aliphatic rings. The largest absolute Gasteiger partial charge is 0.335 e. The molecule has 1 aliphatic carbocycles. The van der Waals surface area contributed by atoms with Crippen molar-refractivity contribution in [1.29, 1.82) is 5.26 Å². The van der Waals surface area contributed by atoms with E-state index in [0.29, 0.717) is 0 Å². The molecule has 4 nitrogen and oxygen atoms in total. The third kappa shape index (κ3) is 3.50. The summed E-state index contributed by atoms with van der Waals surface area (Å²) in [6.45, 7) is 0. The molecule has 1 heterocycles. The number of carbonyl (C=O) groups excluding carboxylic acids is 1. The van der Waals surface area contributed by atoms with Crippen molar-refractivity contribution in [3.8, 4) is 6.07 Å². The van der Waals surface area contributed by atoms with Gasteiger partial charge in [0.2, 0.25) is 5.95 Å². The van der Waals surface area contributed by atoms with E-state index in [1.54, 1.807) is 0 Å². The van der Waals surface area contributed by atoms with Crippen molar-refractivity contribution < 1.29 is 9.18 Å². The van der Waals surface area contributed by atoms with Crippen molar-refractivity contribution in [2.24, 2.45) is 5.92 Å². The van der Waals surface area contributed by atoms with Crippen molar-refractivity contribution in [1.82, 2.24) is 10.3 Å². The summed E-state index contributed by atoms with van der Waals surface area (Å²) in [6, 6.07) is 5.67. The molecule has 1 amide bonds. The van der Waals surface area contributed by atoms with Crippen molar-refractivity contribution >= 4 is 5.91 Å². The lowest BCUT2D eigenvalue weighted by Gasteiger charge is -2.26. The van der Waals surface area contributed by atoms with Gasteiger partial charge in [0.1, 0.15) is 11.7 Å². The minimum Gasteiger partial charge on any atom is -0.335 e. The number of aromatic nitrogens is 1. The Labute approximate surface area is 111 Å². The van der Waals surface area contributed by atoms with Crippen LogP contribution in [0.1, 0.15) is 42.6 Å². The third-order valence-electron chi connectivity index (χ3n) is 3.49. The second-order valence-electron chi connectivity index (χ2n) is 4.82. The first kappa shape index (κ1) is 13.5. The third-order valence-corrected chi connectivity index (χ3v) is 3.49. The molecule has 1 N–H and O–H groups in total. The molecule has 100 valence electrons. The monoisotopic (exact) mass is 261 g/mol. The van der Waals surface area contributed by atoms with Gasteiger partial charge in [-0.05, 0) is 30.9 Å².